The second-order valence-corrected chi connectivity index (χ2v) is 7.25. The molecule has 0 radical (unpaired) electrons. The first-order valence-corrected chi connectivity index (χ1v) is 9.43. The molecule has 1 amide bonds. The van der Waals surface area contributed by atoms with Gasteiger partial charge in [0.25, 0.3) is 0 Å². The van der Waals surface area contributed by atoms with Crippen LogP contribution in [0.15, 0.2) is 48.5 Å². The lowest BCUT2D eigenvalue weighted by molar-refractivity contribution is -0.120. The Bertz CT molecular complexity index is 783. The summed E-state index contributed by atoms with van der Waals surface area (Å²) < 4.78 is 0. The van der Waals surface area contributed by atoms with Gasteiger partial charge in [-0.3, -0.25) is 4.79 Å². The SMILES string of the molecule is Cc1ccc(C)c(NC(=S)N2CCC(C(=O)Nc3ccccc3)CC2)c1. The number of nitrogens with zero attached hydrogens (tertiary/aromatic N) is 1. The molecule has 5 heteroatoms. The highest BCUT2D eigenvalue weighted by atomic mass is 32.1. The fourth-order valence-electron chi connectivity index (χ4n) is 3.18. The molecule has 0 aromatic heterocycles. The van der Waals surface area contributed by atoms with Crippen molar-refractivity contribution in [3.05, 3.63) is 59.7 Å². The summed E-state index contributed by atoms with van der Waals surface area (Å²) in [5.41, 5.74) is 4.29. The van der Waals surface area contributed by atoms with Gasteiger partial charge in [0.2, 0.25) is 5.91 Å². The summed E-state index contributed by atoms with van der Waals surface area (Å²) >= 11 is 5.58. The van der Waals surface area contributed by atoms with Crippen molar-refractivity contribution in [3.8, 4) is 0 Å². The number of benzene rings is 2. The van der Waals surface area contributed by atoms with Gasteiger partial charge < -0.3 is 15.5 Å². The summed E-state index contributed by atoms with van der Waals surface area (Å²) in [5.74, 6) is 0.138. The zero-order chi connectivity index (χ0) is 18.5. The van der Waals surface area contributed by atoms with Crippen LogP contribution >= 0.6 is 12.2 Å². The zero-order valence-electron chi connectivity index (χ0n) is 15.3. The minimum Gasteiger partial charge on any atom is -0.349 e. The number of rotatable bonds is 3. The fourth-order valence-corrected chi connectivity index (χ4v) is 3.47. The van der Waals surface area contributed by atoms with Crippen LogP contribution in [-0.2, 0) is 4.79 Å². The Hall–Kier alpha value is -2.40. The lowest BCUT2D eigenvalue weighted by Crippen LogP contribution is -2.43. The third kappa shape index (κ3) is 4.61. The van der Waals surface area contributed by atoms with Gasteiger partial charge in [0.1, 0.15) is 0 Å². The first-order valence-electron chi connectivity index (χ1n) is 9.02. The van der Waals surface area contributed by atoms with Gasteiger partial charge in [-0.05, 0) is 68.2 Å². The molecule has 2 aromatic carbocycles. The molecule has 1 heterocycles. The van der Waals surface area contributed by atoms with E-state index in [1.54, 1.807) is 0 Å². The van der Waals surface area contributed by atoms with Gasteiger partial charge in [0, 0.05) is 30.4 Å². The number of amides is 1. The second-order valence-electron chi connectivity index (χ2n) is 6.87. The summed E-state index contributed by atoms with van der Waals surface area (Å²) in [6, 6.07) is 15.9. The van der Waals surface area contributed by atoms with Crippen LogP contribution in [0.4, 0.5) is 11.4 Å². The Labute approximate surface area is 160 Å². The number of hydrogen-bond acceptors (Lipinski definition) is 2. The Balaban J connectivity index is 1.52. The number of carbonyl (C=O) groups excluding carboxylic acids is 1. The number of piperidine rings is 1. The van der Waals surface area contributed by atoms with Crippen molar-refractivity contribution in [1.82, 2.24) is 4.90 Å². The zero-order valence-corrected chi connectivity index (χ0v) is 16.1. The third-order valence-electron chi connectivity index (χ3n) is 4.83. The average Bonchev–Trinajstić information content (AvgIpc) is 2.65. The quantitative estimate of drug-likeness (QED) is 0.792. The number of nitrogens with one attached hydrogen (secondary N) is 2. The molecule has 3 rings (SSSR count). The van der Waals surface area contributed by atoms with E-state index in [1.807, 2.05) is 30.3 Å². The summed E-state index contributed by atoms with van der Waals surface area (Å²) in [6.07, 6.45) is 1.63. The second kappa shape index (κ2) is 8.32. The van der Waals surface area contributed by atoms with E-state index in [-0.39, 0.29) is 11.8 Å². The Morgan fingerprint density at radius 3 is 2.42 bits per heavy atom. The summed E-state index contributed by atoms with van der Waals surface area (Å²) in [5, 5.41) is 7.10. The molecule has 2 aromatic rings. The van der Waals surface area contributed by atoms with Gasteiger partial charge in [-0.25, -0.2) is 0 Å². The fraction of sp³-hybridized carbons (Fsp3) is 0.333. The largest absolute Gasteiger partial charge is 0.349 e. The molecule has 0 unspecified atom stereocenters. The van der Waals surface area contributed by atoms with E-state index in [0.717, 1.165) is 42.4 Å². The molecule has 2 N–H and O–H groups in total. The average molecular weight is 368 g/mol. The van der Waals surface area contributed by atoms with Gasteiger partial charge in [-0.1, -0.05) is 30.3 Å². The van der Waals surface area contributed by atoms with Crippen LogP contribution in [0.5, 0.6) is 0 Å². The molecule has 1 fully saturated rings. The molecular weight excluding hydrogens is 342 g/mol. The monoisotopic (exact) mass is 367 g/mol. The van der Waals surface area contributed by atoms with Crippen LogP contribution in [0.2, 0.25) is 0 Å². The number of likely N-dealkylation sites (tertiary alicyclic amines) is 1. The Morgan fingerprint density at radius 1 is 1.04 bits per heavy atom. The van der Waals surface area contributed by atoms with Crippen LogP contribution in [0, 0.1) is 19.8 Å². The van der Waals surface area contributed by atoms with Crippen LogP contribution < -0.4 is 10.6 Å². The maximum atomic E-state index is 12.4. The van der Waals surface area contributed by atoms with Crippen molar-refractivity contribution < 1.29 is 4.79 Å². The molecule has 1 aliphatic rings. The molecule has 4 nitrogen and oxygen atoms in total. The maximum absolute atomic E-state index is 12.4. The standard InChI is InChI=1S/C21H25N3OS/c1-15-8-9-16(2)19(14-15)23-21(26)24-12-10-17(11-13-24)20(25)22-18-6-4-3-5-7-18/h3-9,14,17H,10-13H2,1-2H3,(H,22,25)(H,23,26). The predicted octanol–water partition coefficient (Wildman–Crippen LogP) is 4.35. The van der Waals surface area contributed by atoms with E-state index in [2.05, 4.69) is 47.6 Å². The normalized spacial score (nSPS) is 14.8. The summed E-state index contributed by atoms with van der Waals surface area (Å²) in [4.78, 5) is 14.6. The van der Waals surface area contributed by atoms with Crippen LogP contribution in [-0.4, -0.2) is 29.0 Å². The molecule has 0 bridgehead atoms. The molecule has 0 spiro atoms. The first-order chi connectivity index (χ1) is 12.5. The molecule has 1 aliphatic heterocycles. The number of anilines is 2. The first kappa shape index (κ1) is 18.4. The van der Waals surface area contributed by atoms with Crippen molar-refractivity contribution in [2.45, 2.75) is 26.7 Å². The summed E-state index contributed by atoms with van der Waals surface area (Å²) in [6.45, 7) is 5.74. The lowest BCUT2D eigenvalue weighted by Gasteiger charge is -2.33. The van der Waals surface area contributed by atoms with Crippen molar-refractivity contribution in [2.24, 2.45) is 5.92 Å². The van der Waals surface area contributed by atoms with Crippen LogP contribution in [0.25, 0.3) is 0 Å². The topological polar surface area (TPSA) is 44.4 Å². The van der Waals surface area contributed by atoms with Crippen molar-refractivity contribution in [3.63, 3.8) is 0 Å². The van der Waals surface area contributed by atoms with E-state index in [4.69, 9.17) is 12.2 Å². The smallest absolute Gasteiger partial charge is 0.227 e. The van der Waals surface area contributed by atoms with E-state index >= 15 is 0 Å². The third-order valence-corrected chi connectivity index (χ3v) is 5.19. The van der Waals surface area contributed by atoms with Gasteiger partial charge in [-0.15, -0.1) is 0 Å². The molecule has 1 saturated heterocycles. The maximum Gasteiger partial charge on any atom is 0.227 e. The predicted molar refractivity (Wildman–Crippen MR) is 112 cm³/mol. The molecule has 0 atom stereocenters. The highest BCUT2D eigenvalue weighted by molar-refractivity contribution is 7.80. The highest BCUT2D eigenvalue weighted by Gasteiger charge is 2.26. The van der Waals surface area contributed by atoms with Crippen molar-refractivity contribution in [1.29, 1.82) is 0 Å². The number of aryl methyl sites for hydroxylation is 2. The number of carbonyl (C=O) groups is 1. The van der Waals surface area contributed by atoms with Gasteiger partial charge in [0.05, 0.1) is 0 Å². The molecular formula is C21H25N3OS. The molecule has 136 valence electrons. The van der Waals surface area contributed by atoms with Crippen molar-refractivity contribution in [2.75, 3.05) is 23.7 Å². The number of thiocarbonyl (C=S) groups is 1. The van der Waals surface area contributed by atoms with E-state index in [1.165, 1.54) is 11.1 Å². The molecule has 0 saturated carbocycles. The Kier molecular flexibility index (Phi) is 5.89. The minimum atomic E-state index is 0.0370. The highest BCUT2D eigenvalue weighted by Crippen LogP contribution is 2.22. The van der Waals surface area contributed by atoms with Gasteiger partial charge in [0.15, 0.2) is 5.11 Å². The lowest BCUT2D eigenvalue weighted by atomic mass is 9.96. The molecule has 0 aliphatic carbocycles. The Morgan fingerprint density at radius 2 is 1.73 bits per heavy atom. The van der Waals surface area contributed by atoms with E-state index < -0.39 is 0 Å². The van der Waals surface area contributed by atoms with E-state index in [9.17, 15) is 4.79 Å². The van der Waals surface area contributed by atoms with Crippen LogP contribution in [0.1, 0.15) is 24.0 Å². The van der Waals surface area contributed by atoms with Crippen molar-refractivity contribution >= 4 is 34.6 Å². The van der Waals surface area contributed by atoms with Crippen LogP contribution in [0.3, 0.4) is 0 Å². The molecule has 26 heavy (non-hydrogen) atoms. The number of hydrogen-bond donors (Lipinski definition) is 2. The minimum absolute atomic E-state index is 0.0370. The van der Waals surface area contributed by atoms with Gasteiger partial charge in [-0.2, -0.15) is 0 Å². The van der Waals surface area contributed by atoms with E-state index in [0.29, 0.717) is 0 Å². The van der Waals surface area contributed by atoms with Gasteiger partial charge >= 0.3 is 0 Å². The summed E-state index contributed by atoms with van der Waals surface area (Å²) in [7, 11) is 0. The number of para-hydroxylation sites is 1.